The van der Waals surface area contributed by atoms with Crippen LogP contribution < -0.4 is 21.7 Å². The predicted molar refractivity (Wildman–Crippen MR) is 178 cm³/mol. The number of halogens is 1. The number of nitrogens with two attached hydrogens (primary N) is 1. The molecule has 0 aliphatic carbocycles. The third-order valence-corrected chi connectivity index (χ3v) is 9.76. The average molecular weight is 679 g/mol. The van der Waals surface area contributed by atoms with Gasteiger partial charge in [0.1, 0.15) is 24.0 Å². The summed E-state index contributed by atoms with van der Waals surface area (Å²) in [6.45, 7) is 0. The molecule has 4 aromatic rings. The number of hydrogen-bond acceptors (Lipinski definition) is 6. The summed E-state index contributed by atoms with van der Waals surface area (Å²) in [6, 6.07) is 22.0. The van der Waals surface area contributed by atoms with Crippen LogP contribution in [0.4, 0.5) is 0 Å². The lowest BCUT2D eigenvalue weighted by Gasteiger charge is -2.26. The van der Waals surface area contributed by atoms with E-state index in [1.807, 2.05) is 30.3 Å². The maximum atomic E-state index is 13.8. The van der Waals surface area contributed by atoms with E-state index in [1.165, 1.54) is 24.7 Å². The predicted octanol–water partition coefficient (Wildman–Crippen LogP) is 2.96. The van der Waals surface area contributed by atoms with E-state index in [2.05, 4.69) is 25.9 Å². The van der Waals surface area contributed by atoms with Crippen molar-refractivity contribution >= 4 is 42.6 Å². The van der Waals surface area contributed by atoms with Crippen molar-refractivity contribution in [2.75, 3.05) is 6.16 Å². The molecule has 0 spiro atoms. The highest BCUT2D eigenvalue weighted by Crippen LogP contribution is 2.46. The number of carbonyl (C=O) groups is 4. The van der Waals surface area contributed by atoms with Crippen molar-refractivity contribution in [2.24, 2.45) is 5.73 Å². The second kappa shape index (κ2) is 16.7. The topological polar surface area (TPSA) is 196 Å². The summed E-state index contributed by atoms with van der Waals surface area (Å²) in [5.41, 5.74) is 7.78. The second-order valence-electron chi connectivity index (χ2n) is 11.0. The summed E-state index contributed by atoms with van der Waals surface area (Å²) >= 11 is 6.18. The summed E-state index contributed by atoms with van der Waals surface area (Å²) in [5.74, 6) is -4.43. The average Bonchev–Trinajstić information content (AvgIpc) is 3.56. The number of primary amides is 1. The number of amides is 4. The fourth-order valence-electron chi connectivity index (χ4n) is 4.90. The first-order valence-electron chi connectivity index (χ1n) is 14.8. The van der Waals surface area contributed by atoms with Gasteiger partial charge in [-0.05, 0) is 36.1 Å². The van der Waals surface area contributed by atoms with Gasteiger partial charge in [-0.3, -0.25) is 23.7 Å². The number of benzene rings is 3. The molecule has 0 aliphatic heterocycles. The van der Waals surface area contributed by atoms with Crippen LogP contribution in [-0.4, -0.2) is 62.5 Å². The molecular formula is C33H36ClN6O6P. The molecular weight excluding hydrogens is 643 g/mol. The minimum Gasteiger partial charge on any atom is -0.368 e. The number of H-pyrrole nitrogens is 1. The van der Waals surface area contributed by atoms with Crippen molar-refractivity contribution in [3.05, 3.63) is 125 Å². The highest BCUT2D eigenvalue weighted by molar-refractivity contribution is 7.59. The van der Waals surface area contributed by atoms with Gasteiger partial charge in [0.25, 0.3) is 5.91 Å². The third kappa shape index (κ3) is 10.6. The first-order valence-corrected chi connectivity index (χ1v) is 17.1. The van der Waals surface area contributed by atoms with Gasteiger partial charge in [0.05, 0.1) is 16.9 Å². The number of imidazole rings is 1. The molecule has 14 heteroatoms. The number of aromatic amines is 1. The molecule has 7 N–H and O–H groups in total. The standard InChI is InChI=1S/C33H36ClN6O6P/c34-26-14-8-7-13-25(26)32(43)40-30(17-23-11-5-2-6-12-23)47(45,46)20-29(41)38-28(18-24-19-36-21-37-24)33(44)39-27(31(35)42)16-15-22-9-3-1-4-10-22/h1-14,19,21,27-28,30H,15-18,20H2,(H2,35,42)(H,36,37)(H,38,41)(H,39,44)(H,40,43)(H,45,46)/t27-,28-,30?/m0/s1. The van der Waals surface area contributed by atoms with E-state index >= 15 is 0 Å². The van der Waals surface area contributed by atoms with Crippen LogP contribution in [0.1, 0.15) is 33.6 Å². The Morgan fingerprint density at radius 1 is 0.851 bits per heavy atom. The van der Waals surface area contributed by atoms with E-state index in [-0.39, 0.29) is 29.8 Å². The quantitative estimate of drug-likeness (QED) is 0.0980. The maximum Gasteiger partial charge on any atom is 0.253 e. The molecule has 1 aromatic heterocycles. The summed E-state index contributed by atoms with van der Waals surface area (Å²) in [7, 11) is -4.47. The molecule has 0 saturated heterocycles. The molecule has 3 aromatic carbocycles. The van der Waals surface area contributed by atoms with E-state index in [0.29, 0.717) is 17.7 Å². The summed E-state index contributed by atoms with van der Waals surface area (Å²) in [4.78, 5) is 70.2. The van der Waals surface area contributed by atoms with Gasteiger partial charge >= 0.3 is 0 Å². The van der Waals surface area contributed by atoms with Gasteiger partial charge < -0.3 is 31.6 Å². The van der Waals surface area contributed by atoms with E-state index < -0.39 is 55.0 Å². The zero-order chi connectivity index (χ0) is 33.8. The normalized spacial score (nSPS) is 14.2. The minimum absolute atomic E-state index is 0.0577. The number of aromatic nitrogens is 2. The van der Waals surface area contributed by atoms with E-state index in [0.717, 1.165) is 5.56 Å². The minimum atomic E-state index is -4.47. The Hall–Kier alpha value is -4.77. The number of carbonyl (C=O) groups excluding carboxylic acids is 4. The lowest BCUT2D eigenvalue weighted by Crippen LogP contribution is -2.54. The monoisotopic (exact) mass is 678 g/mol. The summed E-state index contributed by atoms with van der Waals surface area (Å²) in [5, 5.41) is 7.87. The summed E-state index contributed by atoms with van der Waals surface area (Å²) < 4.78 is 13.8. The number of nitrogens with one attached hydrogen (secondary N) is 4. The molecule has 1 heterocycles. The zero-order valence-electron chi connectivity index (χ0n) is 25.3. The van der Waals surface area contributed by atoms with Gasteiger partial charge in [0, 0.05) is 24.7 Å². The zero-order valence-corrected chi connectivity index (χ0v) is 27.0. The molecule has 0 fully saturated rings. The molecule has 246 valence electrons. The molecule has 4 amide bonds. The van der Waals surface area contributed by atoms with Gasteiger partial charge in [-0.15, -0.1) is 0 Å². The molecule has 0 bridgehead atoms. The Balaban J connectivity index is 1.49. The lowest BCUT2D eigenvalue weighted by atomic mass is 10.0. The molecule has 0 radical (unpaired) electrons. The third-order valence-electron chi connectivity index (χ3n) is 7.40. The van der Waals surface area contributed by atoms with Crippen LogP contribution in [0.5, 0.6) is 0 Å². The second-order valence-corrected chi connectivity index (χ2v) is 13.8. The maximum absolute atomic E-state index is 13.8. The van der Waals surface area contributed by atoms with Crippen LogP contribution in [0.15, 0.2) is 97.5 Å². The molecule has 4 atom stereocenters. The van der Waals surface area contributed by atoms with Crippen molar-refractivity contribution < 1.29 is 28.6 Å². The van der Waals surface area contributed by atoms with Gasteiger partial charge in [0.15, 0.2) is 0 Å². The van der Waals surface area contributed by atoms with Crippen molar-refractivity contribution in [1.82, 2.24) is 25.9 Å². The van der Waals surface area contributed by atoms with Gasteiger partial charge in [0.2, 0.25) is 25.1 Å². The first kappa shape index (κ1) is 35.1. The summed E-state index contributed by atoms with van der Waals surface area (Å²) in [6.07, 6.45) is 2.51. The highest BCUT2D eigenvalue weighted by atomic mass is 35.5. The number of rotatable bonds is 16. The van der Waals surface area contributed by atoms with Crippen molar-refractivity contribution in [1.29, 1.82) is 0 Å². The number of aryl methyl sites for hydroxylation is 1. The van der Waals surface area contributed by atoms with Crippen molar-refractivity contribution in [3.63, 3.8) is 0 Å². The largest absolute Gasteiger partial charge is 0.368 e. The Morgan fingerprint density at radius 3 is 2.11 bits per heavy atom. The molecule has 0 saturated carbocycles. The van der Waals surface area contributed by atoms with E-state index in [9.17, 15) is 28.6 Å². The Bertz CT molecular complexity index is 1710. The van der Waals surface area contributed by atoms with Crippen LogP contribution >= 0.6 is 19.0 Å². The van der Waals surface area contributed by atoms with Crippen LogP contribution in [0.2, 0.25) is 5.02 Å². The van der Waals surface area contributed by atoms with Crippen LogP contribution in [0.3, 0.4) is 0 Å². The van der Waals surface area contributed by atoms with Crippen molar-refractivity contribution in [2.45, 2.75) is 43.5 Å². The highest BCUT2D eigenvalue weighted by Gasteiger charge is 2.36. The number of hydrogen-bond donors (Lipinski definition) is 6. The molecule has 47 heavy (non-hydrogen) atoms. The molecule has 4 rings (SSSR count). The van der Waals surface area contributed by atoms with Crippen molar-refractivity contribution in [3.8, 4) is 0 Å². The van der Waals surface area contributed by atoms with Gasteiger partial charge in [-0.2, -0.15) is 0 Å². The van der Waals surface area contributed by atoms with E-state index in [4.69, 9.17) is 17.3 Å². The van der Waals surface area contributed by atoms with Crippen LogP contribution in [-0.2, 0) is 38.2 Å². The Labute approximate surface area is 277 Å². The Kier molecular flexibility index (Phi) is 12.5. The molecule has 0 aliphatic rings. The molecule has 2 unspecified atom stereocenters. The number of nitrogens with zero attached hydrogens (tertiary/aromatic N) is 1. The SMILES string of the molecule is NC(=O)[C@H](CCc1ccccc1)NC(=O)[C@H](Cc1cnc[nH]1)NC(=O)CP(=O)(O)C(Cc1ccccc1)NC(=O)c1ccccc1Cl. The van der Waals surface area contributed by atoms with Crippen LogP contribution in [0.25, 0.3) is 0 Å². The fraction of sp³-hybridized carbons (Fsp3) is 0.242. The van der Waals surface area contributed by atoms with E-state index in [1.54, 1.807) is 42.5 Å². The fourth-order valence-corrected chi connectivity index (χ4v) is 6.66. The smallest absolute Gasteiger partial charge is 0.253 e. The first-order chi connectivity index (χ1) is 22.5. The van der Waals surface area contributed by atoms with Crippen LogP contribution in [0, 0.1) is 0 Å². The Morgan fingerprint density at radius 2 is 1.49 bits per heavy atom. The lowest BCUT2D eigenvalue weighted by molar-refractivity contribution is -0.130. The van der Waals surface area contributed by atoms with Gasteiger partial charge in [-0.1, -0.05) is 84.4 Å². The van der Waals surface area contributed by atoms with Gasteiger partial charge in [-0.25, -0.2) is 4.98 Å². The molecule has 12 nitrogen and oxygen atoms in total.